The third-order valence-electron chi connectivity index (χ3n) is 6.24. The van der Waals surface area contributed by atoms with Crippen LogP contribution in [0.5, 0.6) is 0 Å². The molecule has 0 aromatic carbocycles. The third-order valence-corrected chi connectivity index (χ3v) is 6.24. The SMILES string of the molecule is CC(C)C[C@H]1C(=O)N[C@H](C(=O)NC[C@H]2CCCO2)CCCCNC(=O)OCCC[C@@H]1C(=O)NO. The van der Waals surface area contributed by atoms with E-state index in [0.29, 0.717) is 51.8 Å². The van der Waals surface area contributed by atoms with Gasteiger partial charge in [-0.25, -0.2) is 10.3 Å². The van der Waals surface area contributed by atoms with E-state index in [2.05, 4.69) is 16.0 Å². The molecular formula is C23H40N4O7. The molecule has 11 nitrogen and oxygen atoms in total. The molecule has 34 heavy (non-hydrogen) atoms. The second kappa shape index (κ2) is 14.8. The Hall–Kier alpha value is -2.40. The number of carbonyl (C=O) groups is 4. The number of hydrogen-bond donors (Lipinski definition) is 5. The Morgan fingerprint density at radius 1 is 1.06 bits per heavy atom. The summed E-state index contributed by atoms with van der Waals surface area (Å²) in [5, 5.41) is 17.7. The van der Waals surface area contributed by atoms with Gasteiger partial charge in [-0.2, -0.15) is 0 Å². The van der Waals surface area contributed by atoms with Crippen molar-refractivity contribution in [3.63, 3.8) is 0 Å². The number of hydroxylamine groups is 1. The molecule has 194 valence electrons. The van der Waals surface area contributed by atoms with Crippen molar-refractivity contribution in [1.29, 1.82) is 0 Å². The van der Waals surface area contributed by atoms with Crippen LogP contribution in [-0.2, 0) is 23.9 Å². The maximum Gasteiger partial charge on any atom is 0.407 e. The van der Waals surface area contributed by atoms with Crippen LogP contribution in [0.4, 0.5) is 4.79 Å². The maximum atomic E-state index is 13.4. The number of cyclic esters (lactones) is 1. The van der Waals surface area contributed by atoms with Crippen LogP contribution < -0.4 is 21.4 Å². The minimum Gasteiger partial charge on any atom is -0.450 e. The van der Waals surface area contributed by atoms with Gasteiger partial charge >= 0.3 is 6.09 Å². The highest BCUT2D eigenvalue weighted by atomic mass is 16.5. The summed E-state index contributed by atoms with van der Waals surface area (Å²) >= 11 is 0. The number of rotatable bonds is 6. The zero-order valence-electron chi connectivity index (χ0n) is 20.3. The van der Waals surface area contributed by atoms with Crippen LogP contribution >= 0.6 is 0 Å². The van der Waals surface area contributed by atoms with Crippen molar-refractivity contribution in [1.82, 2.24) is 21.4 Å². The van der Waals surface area contributed by atoms with Gasteiger partial charge in [0.15, 0.2) is 0 Å². The van der Waals surface area contributed by atoms with E-state index in [1.165, 1.54) is 0 Å². The first-order valence-electron chi connectivity index (χ1n) is 12.4. The Balaban J connectivity index is 2.19. The van der Waals surface area contributed by atoms with E-state index in [4.69, 9.17) is 9.47 Å². The molecule has 2 saturated heterocycles. The van der Waals surface area contributed by atoms with E-state index in [-0.39, 0.29) is 31.0 Å². The third kappa shape index (κ3) is 9.46. The predicted octanol–water partition coefficient (Wildman–Crippen LogP) is 1.24. The van der Waals surface area contributed by atoms with Crippen molar-refractivity contribution in [2.75, 3.05) is 26.3 Å². The molecule has 0 aliphatic carbocycles. The number of amides is 4. The highest BCUT2D eigenvalue weighted by Crippen LogP contribution is 2.26. The highest BCUT2D eigenvalue weighted by molar-refractivity contribution is 5.91. The molecule has 2 rings (SSSR count). The van der Waals surface area contributed by atoms with Crippen molar-refractivity contribution in [3.05, 3.63) is 0 Å². The zero-order chi connectivity index (χ0) is 24.9. The molecule has 0 saturated carbocycles. The first kappa shape index (κ1) is 27.8. The van der Waals surface area contributed by atoms with Gasteiger partial charge in [-0.15, -0.1) is 0 Å². The summed E-state index contributed by atoms with van der Waals surface area (Å²) in [5.74, 6) is -2.86. The van der Waals surface area contributed by atoms with Crippen LogP contribution in [0.3, 0.4) is 0 Å². The van der Waals surface area contributed by atoms with Gasteiger partial charge in [0, 0.05) is 25.6 Å². The fourth-order valence-electron chi connectivity index (χ4n) is 4.43. The summed E-state index contributed by atoms with van der Waals surface area (Å²) in [7, 11) is 0. The monoisotopic (exact) mass is 484 g/mol. The van der Waals surface area contributed by atoms with Crippen molar-refractivity contribution in [2.45, 2.75) is 77.4 Å². The van der Waals surface area contributed by atoms with Crippen LogP contribution in [0.2, 0.25) is 0 Å². The number of nitrogens with one attached hydrogen (secondary N) is 4. The zero-order valence-corrected chi connectivity index (χ0v) is 20.3. The van der Waals surface area contributed by atoms with Crippen molar-refractivity contribution < 1.29 is 33.9 Å². The van der Waals surface area contributed by atoms with Crippen LogP contribution in [0, 0.1) is 17.8 Å². The summed E-state index contributed by atoms with van der Waals surface area (Å²) in [6, 6.07) is -0.779. The molecule has 4 amide bonds. The molecule has 2 aliphatic heterocycles. The number of carbonyl (C=O) groups excluding carboxylic acids is 4. The fourth-order valence-corrected chi connectivity index (χ4v) is 4.43. The smallest absolute Gasteiger partial charge is 0.407 e. The van der Waals surface area contributed by atoms with Gasteiger partial charge in [0.05, 0.1) is 18.6 Å². The maximum absolute atomic E-state index is 13.4. The van der Waals surface area contributed by atoms with Gasteiger partial charge < -0.3 is 25.4 Å². The highest BCUT2D eigenvalue weighted by Gasteiger charge is 2.36. The molecule has 2 heterocycles. The van der Waals surface area contributed by atoms with Gasteiger partial charge in [-0.3, -0.25) is 19.6 Å². The second-order valence-electron chi connectivity index (χ2n) is 9.46. The topological polar surface area (TPSA) is 155 Å². The summed E-state index contributed by atoms with van der Waals surface area (Å²) in [6.45, 7) is 5.42. The van der Waals surface area contributed by atoms with Crippen molar-refractivity contribution >= 4 is 23.8 Å². The van der Waals surface area contributed by atoms with E-state index in [1.807, 2.05) is 13.8 Å². The molecule has 4 atom stereocenters. The lowest BCUT2D eigenvalue weighted by Crippen LogP contribution is -2.51. The van der Waals surface area contributed by atoms with Gasteiger partial charge in [-0.05, 0) is 57.3 Å². The molecule has 2 fully saturated rings. The summed E-state index contributed by atoms with van der Waals surface area (Å²) < 4.78 is 10.7. The normalized spacial score (nSPS) is 27.5. The van der Waals surface area contributed by atoms with Gasteiger partial charge in [-0.1, -0.05) is 13.8 Å². The fraction of sp³-hybridized carbons (Fsp3) is 0.826. The standard InChI is InChI=1S/C23H40N4O7/c1-15(2)13-18-17(21(29)27-32)8-6-12-34-23(31)24-10-4-3-9-19(26-20(18)28)22(30)25-14-16-7-5-11-33-16/h15-19,32H,3-14H2,1-2H3,(H,24,31)(H,25,30)(H,26,28)(H,27,29)/t16-,17+,18-,19+/m1/s1. The van der Waals surface area contributed by atoms with Crippen molar-refractivity contribution in [3.8, 4) is 0 Å². The molecule has 0 aromatic heterocycles. The van der Waals surface area contributed by atoms with Gasteiger partial charge in [0.1, 0.15) is 6.04 Å². The minimum absolute atomic E-state index is 0.0246. The lowest BCUT2D eigenvalue weighted by atomic mass is 9.81. The van der Waals surface area contributed by atoms with Crippen LogP contribution in [-0.4, -0.2) is 67.5 Å². The van der Waals surface area contributed by atoms with E-state index >= 15 is 0 Å². The summed E-state index contributed by atoms with van der Waals surface area (Å²) in [6.07, 6.45) is 3.84. The molecule has 0 bridgehead atoms. The average molecular weight is 485 g/mol. The summed E-state index contributed by atoms with van der Waals surface area (Å²) in [4.78, 5) is 50.6. The van der Waals surface area contributed by atoms with E-state index in [9.17, 15) is 24.4 Å². The Labute approximate surface area is 201 Å². The second-order valence-corrected chi connectivity index (χ2v) is 9.46. The molecule has 2 aliphatic rings. The lowest BCUT2D eigenvalue weighted by Gasteiger charge is -2.28. The van der Waals surface area contributed by atoms with Crippen molar-refractivity contribution in [2.24, 2.45) is 17.8 Å². The molecule has 0 spiro atoms. The lowest BCUT2D eigenvalue weighted by molar-refractivity contribution is -0.142. The van der Waals surface area contributed by atoms with Crippen LogP contribution in [0.15, 0.2) is 0 Å². The van der Waals surface area contributed by atoms with Gasteiger partial charge in [0.2, 0.25) is 17.7 Å². The molecule has 0 radical (unpaired) electrons. The number of hydrogen-bond acceptors (Lipinski definition) is 7. The molecule has 0 aromatic rings. The first-order valence-corrected chi connectivity index (χ1v) is 12.4. The van der Waals surface area contributed by atoms with E-state index < -0.39 is 35.8 Å². The largest absolute Gasteiger partial charge is 0.450 e. The molecule has 0 unspecified atom stereocenters. The predicted molar refractivity (Wildman–Crippen MR) is 123 cm³/mol. The van der Waals surface area contributed by atoms with Crippen LogP contribution in [0.1, 0.15) is 65.2 Å². The van der Waals surface area contributed by atoms with Crippen LogP contribution in [0.25, 0.3) is 0 Å². The number of alkyl carbamates (subject to hydrolysis) is 1. The molecule has 11 heteroatoms. The average Bonchev–Trinajstić information content (AvgIpc) is 3.32. The molecule has 5 N–H and O–H groups in total. The Bertz CT molecular complexity index is 682. The Morgan fingerprint density at radius 2 is 1.82 bits per heavy atom. The Morgan fingerprint density at radius 3 is 2.50 bits per heavy atom. The minimum atomic E-state index is -0.834. The Kier molecular flexibility index (Phi) is 12.1. The summed E-state index contributed by atoms with van der Waals surface area (Å²) in [5.41, 5.74) is 1.67. The van der Waals surface area contributed by atoms with Gasteiger partial charge in [0.25, 0.3) is 0 Å². The number of ether oxygens (including phenoxy) is 2. The quantitative estimate of drug-likeness (QED) is 0.281. The molecular weight excluding hydrogens is 444 g/mol. The first-order chi connectivity index (χ1) is 16.3. The van der Waals surface area contributed by atoms with E-state index in [1.54, 1.807) is 5.48 Å². The van der Waals surface area contributed by atoms with E-state index in [0.717, 1.165) is 12.8 Å².